The third kappa shape index (κ3) is 15.9. The van der Waals surface area contributed by atoms with Crippen LogP contribution < -0.4 is 0 Å². The number of benzene rings is 1. The number of carbonyl (C=O) groups excluding carboxylic acids is 2. The summed E-state index contributed by atoms with van der Waals surface area (Å²) in [6.07, 6.45) is 17.9. The molecule has 0 unspecified atom stereocenters. The third-order valence-electron chi connectivity index (χ3n) is 5.92. The van der Waals surface area contributed by atoms with Gasteiger partial charge in [-0.25, -0.2) is 0 Å². The molecule has 0 fully saturated rings. The fourth-order valence-electron chi connectivity index (χ4n) is 3.76. The van der Waals surface area contributed by atoms with Gasteiger partial charge in [-0.3, -0.25) is 9.59 Å². The summed E-state index contributed by atoms with van der Waals surface area (Å²) in [4.78, 5) is 23.6. The van der Waals surface area contributed by atoms with Crippen LogP contribution in [0.2, 0.25) is 0 Å². The van der Waals surface area contributed by atoms with Crippen LogP contribution in [0, 0.1) is 6.92 Å². The molecule has 0 N–H and O–H groups in total. The molecule has 1 aromatic carbocycles. The first-order valence-electron chi connectivity index (χ1n) is 13.0. The van der Waals surface area contributed by atoms with E-state index in [2.05, 4.69) is 6.92 Å². The maximum atomic E-state index is 11.8. The molecule has 0 heterocycles. The fourth-order valence-corrected chi connectivity index (χ4v) is 3.76. The molecule has 0 saturated carbocycles. The van der Waals surface area contributed by atoms with E-state index in [9.17, 15) is 9.59 Å². The van der Waals surface area contributed by atoms with E-state index in [1.54, 1.807) is 0 Å². The summed E-state index contributed by atoms with van der Waals surface area (Å²) in [6, 6.07) is 7.85. The Labute approximate surface area is 196 Å². The van der Waals surface area contributed by atoms with Gasteiger partial charge in [-0.2, -0.15) is 0 Å². The van der Waals surface area contributed by atoms with Crippen LogP contribution in [0.15, 0.2) is 24.3 Å². The molecule has 0 bridgehead atoms. The summed E-state index contributed by atoms with van der Waals surface area (Å²) < 4.78 is 10.6. The predicted molar refractivity (Wildman–Crippen MR) is 131 cm³/mol. The highest BCUT2D eigenvalue weighted by Gasteiger charge is 2.08. The van der Waals surface area contributed by atoms with E-state index >= 15 is 0 Å². The minimum atomic E-state index is -0.266. The van der Waals surface area contributed by atoms with Gasteiger partial charge in [0.05, 0.1) is 6.61 Å². The lowest BCUT2D eigenvalue weighted by atomic mass is 10.0. The minimum Gasteiger partial charge on any atom is -0.466 e. The number of esters is 2. The number of hydrogen-bond acceptors (Lipinski definition) is 4. The number of hydrogen-bond donors (Lipinski definition) is 0. The Bertz CT molecular complexity index is 611. The molecule has 1 aromatic rings. The van der Waals surface area contributed by atoms with E-state index in [-0.39, 0.29) is 31.4 Å². The van der Waals surface area contributed by atoms with E-state index in [4.69, 9.17) is 9.47 Å². The average Bonchev–Trinajstić information content (AvgIpc) is 2.78. The number of aryl methyl sites for hydroxylation is 1. The number of unbranched alkanes of at least 4 members (excludes halogenated alkanes) is 12. The molecule has 32 heavy (non-hydrogen) atoms. The number of carbonyl (C=O) groups is 2. The molecule has 4 heteroatoms. The first-order valence-corrected chi connectivity index (χ1v) is 13.0. The zero-order valence-corrected chi connectivity index (χ0v) is 20.7. The summed E-state index contributed by atoms with van der Waals surface area (Å²) >= 11 is 0. The minimum absolute atomic E-state index is 0.212. The number of rotatable bonds is 20. The van der Waals surface area contributed by atoms with Gasteiger partial charge in [0.2, 0.25) is 0 Å². The summed E-state index contributed by atoms with van der Waals surface area (Å²) in [5.41, 5.74) is 2.12. The summed E-state index contributed by atoms with van der Waals surface area (Å²) in [7, 11) is 0. The van der Waals surface area contributed by atoms with E-state index in [0.717, 1.165) is 24.0 Å². The second-order valence-electron chi connectivity index (χ2n) is 8.90. The van der Waals surface area contributed by atoms with Crippen LogP contribution >= 0.6 is 0 Å². The van der Waals surface area contributed by atoms with Gasteiger partial charge in [0.25, 0.3) is 0 Å². The topological polar surface area (TPSA) is 52.6 Å². The van der Waals surface area contributed by atoms with Gasteiger partial charge in [0.15, 0.2) is 0 Å². The molecule has 0 aliphatic carbocycles. The molecule has 0 spiro atoms. The van der Waals surface area contributed by atoms with Crippen molar-refractivity contribution in [2.45, 2.75) is 123 Å². The summed E-state index contributed by atoms with van der Waals surface area (Å²) in [5.74, 6) is -0.479. The lowest BCUT2D eigenvalue weighted by molar-refractivity contribution is -0.146. The highest BCUT2D eigenvalue weighted by molar-refractivity contribution is 5.72. The molecular weight excluding hydrogens is 400 g/mol. The van der Waals surface area contributed by atoms with Crippen molar-refractivity contribution in [1.29, 1.82) is 0 Å². The molecule has 0 saturated heterocycles. The smallest absolute Gasteiger partial charge is 0.306 e. The standard InChI is InChI=1S/C28H46O4/c1-3-4-5-6-7-8-9-10-11-12-13-14-17-23-31-27(29)21-18-22-28(30)32-24-26-20-16-15-19-25(26)2/h15-16,19-20H,3-14,17-18,21-24H2,1-2H3. The lowest BCUT2D eigenvalue weighted by Gasteiger charge is -2.07. The van der Waals surface area contributed by atoms with Crippen molar-refractivity contribution in [1.82, 2.24) is 0 Å². The summed E-state index contributed by atoms with van der Waals surface area (Å²) in [6.45, 7) is 5.04. The van der Waals surface area contributed by atoms with Crippen molar-refractivity contribution >= 4 is 11.9 Å². The van der Waals surface area contributed by atoms with Gasteiger partial charge in [0.1, 0.15) is 6.61 Å². The Morgan fingerprint density at radius 1 is 0.656 bits per heavy atom. The van der Waals surface area contributed by atoms with Gasteiger partial charge in [-0.05, 0) is 30.9 Å². The Kier molecular flexibility index (Phi) is 17.5. The monoisotopic (exact) mass is 446 g/mol. The van der Waals surface area contributed by atoms with Crippen LogP contribution in [0.3, 0.4) is 0 Å². The second-order valence-corrected chi connectivity index (χ2v) is 8.90. The van der Waals surface area contributed by atoms with Gasteiger partial charge in [-0.15, -0.1) is 0 Å². The largest absolute Gasteiger partial charge is 0.466 e. The second kappa shape index (κ2) is 19.8. The van der Waals surface area contributed by atoms with Crippen molar-refractivity contribution in [3.63, 3.8) is 0 Å². The molecule has 0 atom stereocenters. The van der Waals surface area contributed by atoms with Crippen LogP contribution in [0.4, 0.5) is 0 Å². The van der Waals surface area contributed by atoms with Crippen LogP contribution in [0.1, 0.15) is 121 Å². The predicted octanol–water partition coefficient (Wildman–Crippen LogP) is 7.84. The van der Waals surface area contributed by atoms with Gasteiger partial charge < -0.3 is 9.47 Å². The van der Waals surface area contributed by atoms with Crippen molar-refractivity contribution in [2.24, 2.45) is 0 Å². The van der Waals surface area contributed by atoms with Crippen molar-refractivity contribution < 1.29 is 19.1 Å². The summed E-state index contributed by atoms with van der Waals surface area (Å²) in [5, 5.41) is 0. The molecular formula is C28H46O4. The van der Waals surface area contributed by atoms with Crippen LogP contribution in [-0.4, -0.2) is 18.5 Å². The van der Waals surface area contributed by atoms with Crippen LogP contribution in [0.5, 0.6) is 0 Å². The Hall–Kier alpha value is -1.84. The highest BCUT2D eigenvalue weighted by Crippen LogP contribution is 2.13. The van der Waals surface area contributed by atoms with E-state index in [0.29, 0.717) is 13.0 Å². The molecule has 182 valence electrons. The van der Waals surface area contributed by atoms with Gasteiger partial charge >= 0.3 is 11.9 Å². The third-order valence-corrected chi connectivity index (χ3v) is 5.92. The lowest BCUT2D eigenvalue weighted by Crippen LogP contribution is -2.09. The molecule has 0 aliphatic rings. The zero-order chi connectivity index (χ0) is 23.3. The first kappa shape index (κ1) is 28.2. The first-order chi connectivity index (χ1) is 15.6. The maximum absolute atomic E-state index is 11.8. The average molecular weight is 447 g/mol. The fraction of sp³-hybridized carbons (Fsp3) is 0.714. The molecule has 0 radical (unpaired) electrons. The van der Waals surface area contributed by atoms with Crippen LogP contribution in [-0.2, 0) is 25.7 Å². The van der Waals surface area contributed by atoms with E-state index in [1.807, 2.05) is 31.2 Å². The SMILES string of the molecule is CCCCCCCCCCCCCCCOC(=O)CCCC(=O)OCc1ccccc1C. The molecule has 0 aliphatic heterocycles. The molecule has 4 nitrogen and oxygen atoms in total. The highest BCUT2D eigenvalue weighted by atomic mass is 16.5. The Balaban J connectivity index is 1.85. The van der Waals surface area contributed by atoms with E-state index < -0.39 is 0 Å². The number of ether oxygens (including phenoxy) is 2. The zero-order valence-electron chi connectivity index (χ0n) is 20.7. The maximum Gasteiger partial charge on any atom is 0.306 e. The van der Waals surface area contributed by atoms with Crippen molar-refractivity contribution in [2.75, 3.05) is 6.61 Å². The molecule has 1 rings (SSSR count). The van der Waals surface area contributed by atoms with E-state index in [1.165, 1.54) is 70.6 Å². The van der Waals surface area contributed by atoms with Crippen molar-refractivity contribution in [3.05, 3.63) is 35.4 Å². The van der Waals surface area contributed by atoms with Gasteiger partial charge in [-0.1, -0.05) is 108 Å². The Morgan fingerprint density at radius 2 is 1.16 bits per heavy atom. The van der Waals surface area contributed by atoms with Gasteiger partial charge in [0, 0.05) is 12.8 Å². The molecule has 0 amide bonds. The normalized spacial score (nSPS) is 10.8. The molecule has 0 aromatic heterocycles. The van der Waals surface area contributed by atoms with Crippen molar-refractivity contribution in [3.8, 4) is 0 Å². The quantitative estimate of drug-likeness (QED) is 0.151. The van der Waals surface area contributed by atoms with Crippen LogP contribution in [0.25, 0.3) is 0 Å². The Morgan fingerprint density at radius 3 is 1.72 bits per heavy atom.